The zero-order valence-electron chi connectivity index (χ0n) is 8.66. The molecule has 1 aromatic rings. The van der Waals surface area contributed by atoms with Crippen LogP contribution in [0.3, 0.4) is 0 Å². The van der Waals surface area contributed by atoms with Crippen molar-refractivity contribution in [3.63, 3.8) is 0 Å². The Morgan fingerprint density at radius 2 is 2.29 bits per heavy atom. The third kappa shape index (κ3) is 2.76. The molecule has 0 aliphatic heterocycles. The minimum absolute atomic E-state index is 0.328. The van der Waals surface area contributed by atoms with Crippen LogP contribution in [0.1, 0.15) is 24.0 Å². The van der Waals surface area contributed by atoms with Crippen molar-refractivity contribution < 1.29 is 13.9 Å². The van der Waals surface area contributed by atoms with Gasteiger partial charge in [-0.1, -0.05) is 0 Å². The number of esters is 1. The molecule has 1 aromatic heterocycles. The molecule has 0 atom stereocenters. The number of furan rings is 1. The number of aryl methyl sites for hydroxylation is 2. The third-order valence-corrected chi connectivity index (χ3v) is 1.76. The van der Waals surface area contributed by atoms with Gasteiger partial charge in [-0.2, -0.15) is 0 Å². The molecule has 0 aliphatic carbocycles. The molecule has 1 heterocycles. The SMILES string of the molecule is CCOC(=O)/C=C/c1cc(C)oc1C. The molecule has 0 aliphatic rings. The highest BCUT2D eigenvalue weighted by molar-refractivity contribution is 5.87. The summed E-state index contributed by atoms with van der Waals surface area (Å²) < 4.78 is 10.1. The van der Waals surface area contributed by atoms with Gasteiger partial charge in [0.2, 0.25) is 0 Å². The first-order valence-corrected chi connectivity index (χ1v) is 4.55. The molecule has 0 fully saturated rings. The van der Waals surface area contributed by atoms with E-state index in [1.165, 1.54) is 6.08 Å². The van der Waals surface area contributed by atoms with Gasteiger partial charge in [0.1, 0.15) is 11.5 Å². The van der Waals surface area contributed by atoms with E-state index < -0.39 is 0 Å². The Hall–Kier alpha value is -1.51. The topological polar surface area (TPSA) is 39.4 Å². The van der Waals surface area contributed by atoms with Gasteiger partial charge in [-0.05, 0) is 32.9 Å². The third-order valence-electron chi connectivity index (χ3n) is 1.76. The number of ether oxygens (including phenoxy) is 1. The van der Waals surface area contributed by atoms with Crippen LogP contribution in [-0.2, 0) is 9.53 Å². The molecule has 0 saturated carbocycles. The summed E-state index contributed by atoms with van der Waals surface area (Å²) in [5, 5.41) is 0. The lowest BCUT2D eigenvalue weighted by molar-refractivity contribution is -0.137. The van der Waals surface area contributed by atoms with E-state index in [4.69, 9.17) is 9.15 Å². The number of hydrogen-bond acceptors (Lipinski definition) is 3. The summed E-state index contributed by atoms with van der Waals surface area (Å²) in [5.74, 6) is 1.32. The van der Waals surface area contributed by atoms with E-state index in [-0.39, 0.29) is 5.97 Å². The highest BCUT2D eigenvalue weighted by Gasteiger charge is 2.01. The normalized spacial score (nSPS) is 10.8. The summed E-state index contributed by atoms with van der Waals surface area (Å²) in [6, 6.07) is 1.88. The standard InChI is InChI=1S/C11H14O3/c1-4-13-11(12)6-5-10-7-8(2)14-9(10)3/h5-7H,4H2,1-3H3/b6-5+. The predicted octanol–water partition coefficient (Wildman–Crippen LogP) is 2.47. The first kappa shape index (κ1) is 10.6. The molecular formula is C11H14O3. The quantitative estimate of drug-likeness (QED) is 0.548. The highest BCUT2D eigenvalue weighted by Crippen LogP contribution is 2.14. The molecule has 3 heteroatoms. The van der Waals surface area contributed by atoms with Crippen LogP contribution >= 0.6 is 0 Å². The maximum atomic E-state index is 11.0. The fourth-order valence-electron chi connectivity index (χ4n) is 1.16. The summed E-state index contributed by atoms with van der Waals surface area (Å²) >= 11 is 0. The Morgan fingerprint density at radius 1 is 1.57 bits per heavy atom. The van der Waals surface area contributed by atoms with Crippen LogP contribution in [0, 0.1) is 13.8 Å². The van der Waals surface area contributed by atoms with Crippen molar-refractivity contribution in [2.45, 2.75) is 20.8 Å². The number of hydrogen-bond donors (Lipinski definition) is 0. The second kappa shape index (κ2) is 4.65. The predicted molar refractivity (Wildman–Crippen MR) is 53.8 cm³/mol. The highest BCUT2D eigenvalue weighted by atomic mass is 16.5. The van der Waals surface area contributed by atoms with Gasteiger partial charge in [0.05, 0.1) is 6.61 Å². The van der Waals surface area contributed by atoms with Crippen molar-refractivity contribution >= 4 is 12.0 Å². The first-order chi connectivity index (χ1) is 6.63. The Kier molecular flexibility index (Phi) is 3.51. The van der Waals surface area contributed by atoms with Gasteiger partial charge in [0.25, 0.3) is 0 Å². The minimum Gasteiger partial charge on any atom is -0.466 e. The second-order valence-corrected chi connectivity index (χ2v) is 2.95. The molecule has 0 radical (unpaired) electrons. The Morgan fingerprint density at radius 3 is 2.79 bits per heavy atom. The Labute approximate surface area is 83.4 Å². The zero-order chi connectivity index (χ0) is 10.6. The van der Waals surface area contributed by atoms with Gasteiger partial charge >= 0.3 is 5.97 Å². The average molecular weight is 194 g/mol. The van der Waals surface area contributed by atoms with Gasteiger partial charge < -0.3 is 9.15 Å². The van der Waals surface area contributed by atoms with E-state index >= 15 is 0 Å². The minimum atomic E-state index is -0.328. The summed E-state index contributed by atoms with van der Waals surface area (Å²) in [6.45, 7) is 5.90. The fraction of sp³-hybridized carbons (Fsp3) is 0.364. The lowest BCUT2D eigenvalue weighted by atomic mass is 10.2. The van der Waals surface area contributed by atoms with E-state index in [1.54, 1.807) is 13.0 Å². The van der Waals surface area contributed by atoms with Crippen LogP contribution in [0.2, 0.25) is 0 Å². The van der Waals surface area contributed by atoms with Gasteiger partial charge in [0.15, 0.2) is 0 Å². The van der Waals surface area contributed by atoms with Crippen LogP contribution in [-0.4, -0.2) is 12.6 Å². The van der Waals surface area contributed by atoms with E-state index in [0.717, 1.165) is 17.1 Å². The van der Waals surface area contributed by atoms with Crippen molar-refractivity contribution in [2.24, 2.45) is 0 Å². The molecule has 0 N–H and O–H groups in total. The van der Waals surface area contributed by atoms with Gasteiger partial charge in [-0.15, -0.1) is 0 Å². The zero-order valence-corrected chi connectivity index (χ0v) is 8.66. The van der Waals surface area contributed by atoms with E-state index in [9.17, 15) is 4.79 Å². The number of carbonyl (C=O) groups excluding carboxylic acids is 1. The summed E-state index contributed by atoms with van der Waals surface area (Å²) in [5.41, 5.74) is 0.913. The molecule has 0 unspecified atom stereocenters. The van der Waals surface area contributed by atoms with Crippen molar-refractivity contribution in [2.75, 3.05) is 6.61 Å². The first-order valence-electron chi connectivity index (χ1n) is 4.55. The van der Waals surface area contributed by atoms with Crippen molar-refractivity contribution in [1.29, 1.82) is 0 Å². The lowest BCUT2D eigenvalue weighted by Crippen LogP contribution is -1.98. The molecule has 0 amide bonds. The largest absolute Gasteiger partial charge is 0.466 e. The van der Waals surface area contributed by atoms with Gasteiger partial charge in [0, 0.05) is 11.6 Å². The number of carbonyl (C=O) groups is 1. The summed E-state index contributed by atoms with van der Waals surface area (Å²) in [7, 11) is 0. The monoisotopic (exact) mass is 194 g/mol. The summed E-state index contributed by atoms with van der Waals surface area (Å²) in [4.78, 5) is 11.0. The lowest BCUT2D eigenvalue weighted by Gasteiger charge is -1.93. The van der Waals surface area contributed by atoms with Gasteiger partial charge in [-0.3, -0.25) is 0 Å². The van der Waals surface area contributed by atoms with Crippen molar-refractivity contribution in [3.8, 4) is 0 Å². The fourth-order valence-corrected chi connectivity index (χ4v) is 1.16. The molecule has 14 heavy (non-hydrogen) atoms. The number of rotatable bonds is 3. The Balaban J connectivity index is 2.68. The van der Waals surface area contributed by atoms with E-state index in [2.05, 4.69) is 0 Å². The van der Waals surface area contributed by atoms with E-state index in [0.29, 0.717) is 6.61 Å². The maximum Gasteiger partial charge on any atom is 0.330 e. The molecule has 0 bridgehead atoms. The second-order valence-electron chi connectivity index (χ2n) is 2.95. The Bertz CT molecular complexity index is 347. The van der Waals surface area contributed by atoms with Crippen LogP contribution in [0.15, 0.2) is 16.6 Å². The van der Waals surface area contributed by atoms with Crippen LogP contribution < -0.4 is 0 Å². The van der Waals surface area contributed by atoms with Crippen molar-refractivity contribution in [3.05, 3.63) is 29.2 Å². The molecular weight excluding hydrogens is 180 g/mol. The molecule has 1 rings (SSSR count). The molecule has 3 nitrogen and oxygen atoms in total. The maximum absolute atomic E-state index is 11.0. The molecule has 0 aromatic carbocycles. The van der Waals surface area contributed by atoms with Crippen molar-refractivity contribution in [1.82, 2.24) is 0 Å². The molecule has 76 valence electrons. The van der Waals surface area contributed by atoms with Gasteiger partial charge in [-0.25, -0.2) is 4.79 Å². The molecule has 0 spiro atoms. The van der Waals surface area contributed by atoms with E-state index in [1.807, 2.05) is 19.9 Å². The average Bonchev–Trinajstić information content (AvgIpc) is 2.42. The van der Waals surface area contributed by atoms with Crippen LogP contribution in [0.4, 0.5) is 0 Å². The van der Waals surface area contributed by atoms with Crippen LogP contribution in [0.25, 0.3) is 6.08 Å². The molecule has 0 saturated heterocycles. The van der Waals surface area contributed by atoms with Crippen LogP contribution in [0.5, 0.6) is 0 Å². The summed E-state index contributed by atoms with van der Waals surface area (Å²) in [6.07, 6.45) is 3.10. The smallest absolute Gasteiger partial charge is 0.330 e.